The zero-order valence-electron chi connectivity index (χ0n) is 10.7. The molecule has 0 radical (unpaired) electrons. The van der Waals surface area contributed by atoms with E-state index in [4.69, 9.17) is 11.5 Å². The van der Waals surface area contributed by atoms with Crippen molar-refractivity contribution in [3.05, 3.63) is 23.9 Å². The lowest BCUT2D eigenvalue weighted by Crippen LogP contribution is -2.63. The van der Waals surface area contributed by atoms with Gasteiger partial charge in [-0.1, -0.05) is 0 Å². The Morgan fingerprint density at radius 2 is 2.06 bits per heavy atom. The quantitative estimate of drug-likeness (QED) is 0.597. The van der Waals surface area contributed by atoms with E-state index >= 15 is 0 Å². The van der Waals surface area contributed by atoms with E-state index in [-0.39, 0.29) is 11.9 Å². The van der Waals surface area contributed by atoms with Crippen molar-refractivity contribution in [3.63, 3.8) is 0 Å². The molecule has 1 aliphatic carbocycles. The third-order valence-corrected chi connectivity index (χ3v) is 2.91. The molecular formula is C12H22N4O. The molecule has 0 aromatic carbocycles. The maximum Gasteiger partial charge on any atom is 0.217 e. The number of carbonyl (C=O) groups is 1. The molecule has 0 aromatic rings. The molecule has 0 spiro atoms. The average molecular weight is 238 g/mol. The van der Waals surface area contributed by atoms with Crippen LogP contribution in [0.5, 0.6) is 0 Å². The first-order chi connectivity index (χ1) is 7.90. The largest absolute Gasteiger partial charge is 0.372 e. The minimum absolute atomic E-state index is 0.138. The predicted molar refractivity (Wildman–Crippen MR) is 68.9 cm³/mol. The lowest BCUT2D eigenvalue weighted by atomic mass is 9.95. The molecule has 0 saturated heterocycles. The normalized spacial score (nSPS) is 21.9. The van der Waals surface area contributed by atoms with E-state index in [1.165, 1.54) is 6.92 Å². The monoisotopic (exact) mass is 238 g/mol. The lowest BCUT2D eigenvalue weighted by Gasteiger charge is -2.35. The van der Waals surface area contributed by atoms with Gasteiger partial charge in [0, 0.05) is 25.7 Å². The highest BCUT2D eigenvalue weighted by Crippen LogP contribution is 2.18. The molecule has 0 saturated carbocycles. The number of nitrogens with zero attached hydrogens (tertiary/aromatic N) is 1. The fourth-order valence-electron chi connectivity index (χ4n) is 1.89. The Bertz CT molecular complexity index is 342. The van der Waals surface area contributed by atoms with Gasteiger partial charge in [-0.25, -0.2) is 0 Å². The smallest absolute Gasteiger partial charge is 0.217 e. The first-order valence-corrected chi connectivity index (χ1v) is 5.91. The van der Waals surface area contributed by atoms with Gasteiger partial charge in [0.1, 0.15) is 5.66 Å². The van der Waals surface area contributed by atoms with Crippen LogP contribution in [0.1, 0.15) is 20.8 Å². The third-order valence-electron chi connectivity index (χ3n) is 2.91. The molecule has 5 heteroatoms. The van der Waals surface area contributed by atoms with Crippen molar-refractivity contribution in [1.82, 2.24) is 10.2 Å². The summed E-state index contributed by atoms with van der Waals surface area (Å²) in [6.07, 6.45) is 5.56. The molecule has 0 fully saturated rings. The number of nitrogens with two attached hydrogens (primary N) is 2. The molecule has 96 valence electrons. The van der Waals surface area contributed by atoms with E-state index in [1.54, 1.807) is 6.08 Å². The summed E-state index contributed by atoms with van der Waals surface area (Å²) < 4.78 is 0. The molecule has 5 nitrogen and oxygen atoms in total. The third kappa shape index (κ3) is 3.31. The highest BCUT2D eigenvalue weighted by Gasteiger charge is 2.30. The maximum atomic E-state index is 11.1. The summed E-state index contributed by atoms with van der Waals surface area (Å²) in [5, 5.41) is 2.76. The molecule has 1 amide bonds. The molecule has 0 aliphatic heterocycles. The SMILES string of the molecule is CCN(CC)C1=CC(NC(C)=O)C(N)(N)C=C1. The molecule has 1 rings (SSSR count). The van der Waals surface area contributed by atoms with E-state index in [9.17, 15) is 4.79 Å². The molecular weight excluding hydrogens is 216 g/mol. The summed E-state index contributed by atoms with van der Waals surface area (Å²) in [7, 11) is 0. The maximum absolute atomic E-state index is 11.1. The molecule has 1 aliphatic rings. The van der Waals surface area contributed by atoms with Gasteiger partial charge in [0.25, 0.3) is 0 Å². The molecule has 1 atom stereocenters. The van der Waals surface area contributed by atoms with Gasteiger partial charge in [0.15, 0.2) is 0 Å². The van der Waals surface area contributed by atoms with Crippen molar-refractivity contribution in [2.45, 2.75) is 32.5 Å². The van der Waals surface area contributed by atoms with E-state index in [0.29, 0.717) is 0 Å². The van der Waals surface area contributed by atoms with Crippen molar-refractivity contribution < 1.29 is 4.79 Å². The topological polar surface area (TPSA) is 84.4 Å². The van der Waals surface area contributed by atoms with Crippen LogP contribution in [0, 0.1) is 0 Å². The zero-order chi connectivity index (χ0) is 13.1. The minimum Gasteiger partial charge on any atom is -0.372 e. The van der Waals surface area contributed by atoms with Gasteiger partial charge in [-0.2, -0.15) is 0 Å². The summed E-state index contributed by atoms with van der Waals surface area (Å²) in [5.74, 6) is -0.138. The Morgan fingerprint density at radius 3 is 2.53 bits per heavy atom. The van der Waals surface area contributed by atoms with Crippen molar-refractivity contribution in [2.24, 2.45) is 11.5 Å². The number of allylic oxidation sites excluding steroid dienone is 1. The first kappa shape index (κ1) is 13.7. The molecule has 0 heterocycles. The number of nitrogens with one attached hydrogen (secondary N) is 1. The standard InChI is InChI=1S/C12H22N4O/c1-4-16(5-2)10-6-7-12(13,14)11(8-10)15-9(3)17/h6-8,11H,4-5,13-14H2,1-3H3,(H,15,17). The van der Waals surface area contributed by atoms with Crippen LogP contribution in [0.3, 0.4) is 0 Å². The number of hydrogen-bond acceptors (Lipinski definition) is 4. The second-order valence-corrected chi connectivity index (χ2v) is 4.28. The summed E-state index contributed by atoms with van der Waals surface area (Å²) >= 11 is 0. The Morgan fingerprint density at radius 1 is 1.47 bits per heavy atom. The molecule has 0 aromatic heterocycles. The van der Waals surface area contributed by atoms with Crippen molar-refractivity contribution >= 4 is 5.91 Å². The fourth-order valence-corrected chi connectivity index (χ4v) is 1.89. The summed E-state index contributed by atoms with van der Waals surface area (Å²) in [6.45, 7) is 7.43. The molecule has 5 N–H and O–H groups in total. The molecule has 1 unspecified atom stereocenters. The number of amides is 1. The first-order valence-electron chi connectivity index (χ1n) is 5.91. The van der Waals surface area contributed by atoms with Crippen LogP contribution in [0.4, 0.5) is 0 Å². The number of likely N-dealkylation sites (N-methyl/N-ethyl adjacent to an activating group) is 1. The van der Waals surface area contributed by atoms with Gasteiger partial charge in [-0.15, -0.1) is 0 Å². The van der Waals surface area contributed by atoms with Crippen LogP contribution in [0.2, 0.25) is 0 Å². The minimum atomic E-state index is -1.03. The Hall–Kier alpha value is -1.33. The van der Waals surface area contributed by atoms with Gasteiger partial charge in [-0.05, 0) is 32.1 Å². The number of hydrogen-bond donors (Lipinski definition) is 3. The Labute approximate surface area is 103 Å². The fraction of sp³-hybridized carbons (Fsp3) is 0.583. The van der Waals surface area contributed by atoms with Crippen LogP contribution >= 0.6 is 0 Å². The Balaban J connectivity index is 2.92. The van der Waals surface area contributed by atoms with E-state index in [2.05, 4.69) is 24.1 Å². The predicted octanol–water partition coefficient (Wildman–Crippen LogP) is -0.0997. The van der Waals surface area contributed by atoms with Crippen LogP contribution in [0.15, 0.2) is 23.9 Å². The van der Waals surface area contributed by atoms with E-state index in [0.717, 1.165) is 18.8 Å². The average Bonchev–Trinajstić information content (AvgIpc) is 2.24. The van der Waals surface area contributed by atoms with Crippen LogP contribution < -0.4 is 16.8 Å². The second kappa shape index (κ2) is 5.33. The van der Waals surface area contributed by atoms with Crippen molar-refractivity contribution in [1.29, 1.82) is 0 Å². The number of rotatable bonds is 4. The van der Waals surface area contributed by atoms with Crippen molar-refractivity contribution in [3.8, 4) is 0 Å². The van der Waals surface area contributed by atoms with Gasteiger partial charge in [-0.3, -0.25) is 4.79 Å². The van der Waals surface area contributed by atoms with Crippen LogP contribution in [-0.4, -0.2) is 35.6 Å². The van der Waals surface area contributed by atoms with Crippen LogP contribution in [-0.2, 0) is 4.79 Å². The molecule has 0 bridgehead atoms. The van der Waals surface area contributed by atoms with Gasteiger partial charge in [0.2, 0.25) is 5.91 Å². The van der Waals surface area contributed by atoms with Crippen LogP contribution in [0.25, 0.3) is 0 Å². The second-order valence-electron chi connectivity index (χ2n) is 4.28. The zero-order valence-corrected chi connectivity index (χ0v) is 10.7. The lowest BCUT2D eigenvalue weighted by molar-refractivity contribution is -0.119. The van der Waals surface area contributed by atoms with Gasteiger partial charge >= 0.3 is 0 Å². The molecule has 17 heavy (non-hydrogen) atoms. The van der Waals surface area contributed by atoms with E-state index in [1.807, 2.05) is 12.2 Å². The van der Waals surface area contributed by atoms with Crippen molar-refractivity contribution in [2.75, 3.05) is 13.1 Å². The Kier molecular flexibility index (Phi) is 4.31. The highest BCUT2D eigenvalue weighted by molar-refractivity contribution is 5.74. The summed E-state index contributed by atoms with van der Waals surface area (Å²) in [5.41, 5.74) is 11.9. The van der Waals surface area contributed by atoms with Gasteiger partial charge in [0.05, 0.1) is 6.04 Å². The summed E-state index contributed by atoms with van der Waals surface area (Å²) in [6, 6.07) is -0.374. The summed E-state index contributed by atoms with van der Waals surface area (Å²) in [4.78, 5) is 13.3. The van der Waals surface area contributed by atoms with E-state index < -0.39 is 5.66 Å². The van der Waals surface area contributed by atoms with Gasteiger partial charge < -0.3 is 21.7 Å². The highest BCUT2D eigenvalue weighted by atomic mass is 16.1. The number of carbonyl (C=O) groups excluding carboxylic acids is 1.